The molecule has 26 heavy (non-hydrogen) atoms. The van der Waals surface area contributed by atoms with Crippen molar-refractivity contribution >= 4 is 22.9 Å². The number of likely N-dealkylation sites (tertiary alicyclic amines) is 1. The number of carbonyl (C=O) groups excluding carboxylic acids is 1. The van der Waals surface area contributed by atoms with Gasteiger partial charge in [-0.2, -0.15) is 0 Å². The third-order valence-corrected chi connectivity index (χ3v) is 5.54. The molecule has 0 bridgehead atoms. The average molecular weight is 346 g/mol. The number of anilines is 1. The van der Waals surface area contributed by atoms with E-state index in [4.69, 9.17) is 4.74 Å². The van der Waals surface area contributed by atoms with Gasteiger partial charge in [0.05, 0.1) is 5.57 Å². The maximum Gasteiger partial charge on any atom is 0.260 e. The molecule has 0 aliphatic carbocycles. The number of hydrogen-bond donors (Lipinski definition) is 1. The van der Waals surface area contributed by atoms with Gasteiger partial charge in [-0.15, -0.1) is 0 Å². The first-order chi connectivity index (χ1) is 12.8. The molecule has 0 spiro atoms. The summed E-state index contributed by atoms with van der Waals surface area (Å²) in [5.74, 6) is 0.637. The van der Waals surface area contributed by atoms with Crippen molar-refractivity contribution in [3.63, 3.8) is 0 Å². The van der Waals surface area contributed by atoms with Gasteiger partial charge in [-0.3, -0.25) is 9.69 Å². The lowest BCUT2D eigenvalue weighted by Crippen LogP contribution is -2.29. The fourth-order valence-electron chi connectivity index (χ4n) is 4.24. The zero-order chi connectivity index (χ0) is 17.5. The van der Waals surface area contributed by atoms with Gasteiger partial charge in [0, 0.05) is 28.9 Å². The highest BCUT2D eigenvalue weighted by molar-refractivity contribution is 6.36. The molecule has 3 aliphatic heterocycles. The molecule has 0 radical (unpaired) electrons. The van der Waals surface area contributed by atoms with Crippen molar-refractivity contribution in [3.05, 3.63) is 64.7 Å². The van der Waals surface area contributed by atoms with Gasteiger partial charge < -0.3 is 10.1 Å². The van der Waals surface area contributed by atoms with Crippen LogP contribution in [0.4, 0.5) is 5.69 Å². The van der Waals surface area contributed by atoms with Crippen LogP contribution in [0.25, 0.3) is 11.3 Å². The Labute approximate surface area is 153 Å². The second-order valence-electron chi connectivity index (χ2n) is 7.32. The second-order valence-corrected chi connectivity index (χ2v) is 7.32. The largest absolute Gasteiger partial charge is 0.487 e. The van der Waals surface area contributed by atoms with Crippen molar-refractivity contribution in [2.45, 2.75) is 32.4 Å². The lowest BCUT2D eigenvalue weighted by atomic mass is 9.99. The normalized spacial score (nSPS) is 21.9. The van der Waals surface area contributed by atoms with Crippen LogP contribution in [0.1, 0.15) is 41.5 Å². The average Bonchev–Trinajstić information content (AvgIpc) is 3.21. The molecule has 0 saturated carbocycles. The Balaban J connectivity index is 1.48. The summed E-state index contributed by atoms with van der Waals surface area (Å²) < 4.78 is 5.98. The zero-order valence-corrected chi connectivity index (χ0v) is 14.8. The molecule has 5 rings (SSSR count). The lowest BCUT2D eigenvalue weighted by molar-refractivity contribution is -0.110. The quantitative estimate of drug-likeness (QED) is 0.835. The number of nitrogens with one attached hydrogen (secondary N) is 1. The van der Waals surface area contributed by atoms with Gasteiger partial charge >= 0.3 is 0 Å². The van der Waals surface area contributed by atoms with E-state index in [-0.39, 0.29) is 5.91 Å². The smallest absolute Gasteiger partial charge is 0.260 e. The van der Waals surface area contributed by atoms with Crippen molar-refractivity contribution < 1.29 is 9.53 Å². The number of rotatable bonds is 2. The van der Waals surface area contributed by atoms with Crippen LogP contribution in [0, 0.1) is 0 Å². The molecule has 1 amide bonds. The van der Waals surface area contributed by atoms with Crippen LogP contribution in [0.15, 0.2) is 42.5 Å². The molecule has 1 N–H and O–H groups in total. The summed E-state index contributed by atoms with van der Waals surface area (Å²) in [6.45, 7) is 3.93. The first-order valence-electron chi connectivity index (χ1n) is 9.42. The minimum atomic E-state index is -0.0774. The minimum Gasteiger partial charge on any atom is -0.487 e. The monoisotopic (exact) mass is 346 g/mol. The molecule has 0 unspecified atom stereocenters. The highest BCUT2D eigenvalue weighted by atomic mass is 16.5. The van der Waals surface area contributed by atoms with Gasteiger partial charge in [0.2, 0.25) is 0 Å². The number of benzene rings is 2. The fourth-order valence-corrected chi connectivity index (χ4v) is 4.24. The maximum absolute atomic E-state index is 12.5. The summed E-state index contributed by atoms with van der Waals surface area (Å²) in [5, 5.41) is 2.94. The van der Waals surface area contributed by atoms with E-state index in [9.17, 15) is 4.79 Å². The molecule has 4 nitrogen and oxygen atoms in total. The van der Waals surface area contributed by atoms with Gasteiger partial charge in [0.15, 0.2) is 0 Å². The zero-order valence-electron chi connectivity index (χ0n) is 14.8. The summed E-state index contributed by atoms with van der Waals surface area (Å²) >= 11 is 0. The Kier molecular flexibility index (Phi) is 3.79. The van der Waals surface area contributed by atoms with Crippen LogP contribution >= 0.6 is 0 Å². The molecule has 3 aliphatic rings. The predicted molar refractivity (Wildman–Crippen MR) is 102 cm³/mol. The molecule has 0 atom stereocenters. The van der Waals surface area contributed by atoms with E-state index < -0.39 is 0 Å². The molecular weight excluding hydrogens is 324 g/mol. The van der Waals surface area contributed by atoms with Gasteiger partial charge in [0.25, 0.3) is 5.91 Å². The summed E-state index contributed by atoms with van der Waals surface area (Å²) in [7, 11) is 0. The molecule has 2 aromatic rings. The third kappa shape index (κ3) is 2.61. The predicted octanol–water partition coefficient (Wildman–Crippen LogP) is 4.02. The molecule has 4 heteroatoms. The summed E-state index contributed by atoms with van der Waals surface area (Å²) in [5.41, 5.74) is 6.00. The summed E-state index contributed by atoms with van der Waals surface area (Å²) in [4.78, 5) is 15.0. The standard InChI is InChI=1S/C22H22N2O2/c25-22-20(18-6-2-3-7-19(18)23-22)21-17-9-8-15(12-16(17)14-26-21)13-24-10-4-1-5-11-24/h2-3,6-9,12H,1,4-5,10-11,13-14H2,(H,23,25)/b21-20+. The topological polar surface area (TPSA) is 41.6 Å². The summed E-state index contributed by atoms with van der Waals surface area (Å²) in [6.07, 6.45) is 3.96. The number of fused-ring (bicyclic) bond motifs is 2. The molecule has 3 heterocycles. The number of ether oxygens (including phenoxy) is 1. The molecule has 1 saturated heterocycles. The Morgan fingerprint density at radius 2 is 1.85 bits per heavy atom. The SMILES string of the molecule is O=C1Nc2ccccc2/C1=C1\OCc2cc(CN3CCCCC3)ccc21. The van der Waals surface area contributed by atoms with Crippen molar-refractivity contribution in [3.8, 4) is 0 Å². The van der Waals surface area contributed by atoms with E-state index in [2.05, 4.69) is 28.4 Å². The van der Waals surface area contributed by atoms with E-state index in [0.29, 0.717) is 17.9 Å². The van der Waals surface area contributed by atoms with Gasteiger partial charge in [-0.1, -0.05) is 42.8 Å². The Morgan fingerprint density at radius 3 is 2.73 bits per heavy atom. The van der Waals surface area contributed by atoms with Crippen molar-refractivity contribution in [1.82, 2.24) is 4.90 Å². The third-order valence-electron chi connectivity index (χ3n) is 5.54. The van der Waals surface area contributed by atoms with Gasteiger partial charge in [-0.05, 0) is 37.6 Å². The highest BCUT2D eigenvalue weighted by Gasteiger charge is 2.32. The maximum atomic E-state index is 12.5. The van der Waals surface area contributed by atoms with Crippen LogP contribution < -0.4 is 5.32 Å². The number of nitrogens with zero attached hydrogens (tertiary/aromatic N) is 1. The number of para-hydroxylation sites is 1. The van der Waals surface area contributed by atoms with Crippen molar-refractivity contribution in [1.29, 1.82) is 0 Å². The van der Waals surface area contributed by atoms with Gasteiger partial charge in [-0.25, -0.2) is 0 Å². The van der Waals surface area contributed by atoms with E-state index in [1.807, 2.05) is 24.3 Å². The summed E-state index contributed by atoms with van der Waals surface area (Å²) in [6, 6.07) is 14.3. The van der Waals surface area contributed by atoms with Crippen LogP contribution in [-0.2, 0) is 22.7 Å². The molecule has 1 fully saturated rings. The number of piperidine rings is 1. The van der Waals surface area contributed by atoms with Crippen LogP contribution in [0.5, 0.6) is 0 Å². The lowest BCUT2D eigenvalue weighted by Gasteiger charge is -2.26. The number of amides is 1. The van der Waals surface area contributed by atoms with Gasteiger partial charge in [0.1, 0.15) is 12.4 Å². The van der Waals surface area contributed by atoms with E-state index >= 15 is 0 Å². The number of hydrogen-bond acceptors (Lipinski definition) is 3. The molecular formula is C22H22N2O2. The van der Waals surface area contributed by atoms with Crippen LogP contribution in [0.3, 0.4) is 0 Å². The molecule has 0 aromatic heterocycles. The second kappa shape index (κ2) is 6.29. The number of carbonyl (C=O) groups is 1. The Morgan fingerprint density at radius 1 is 1.00 bits per heavy atom. The van der Waals surface area contributed by atoms with E-state index in [1.165, 1.54) is 43.5 Å². The van der Waals surface area contributed by atoms with Crippen LogP contribution in [0.2, 0.25) is 0 Å². The first-order valence-corrected chi connectivity index (χ1v) is 9.42. The van der Waals surface area contributed by atoms with E-state index in [0.717, 1.165) is 23.4 Å². The highest BCUT2D eigenvalue weighted by Crippen LogP contribution is 2.41. The van der Waals surface area contributed by atoms with E-state index in [1.54, 1.807) is 0 Å². The molecule has 132 valence electrons. The minimum absolute atomic E-state index is 0.0774. The fraction of sp³-hybridized carbons (Fsp3) is 0.318. The Bertz CT molecular complexity index is 910. The first kappa shape index (κ1) is 15.6. The molecule has 2 aromatic carbocycles. The van der Waals surface area contributed by atoms with Crippen LogP contribution in [-0.4, -0.2) is 23.9 Å². The van der Waals surface area contributed by atoms with Crippen molar-refractivity contribution in [2.75, 3.05) is 18.4 Å². The van der Waals surface area contributed by atoms with Crippen molar-refractivity contribution in [2.24, 2.45) is 0 Å². The Hall–Kier alpha value is -2.59.